The largest absolute Gasteiger partial charge is 0.324 e. The summed E-state index contributed by atoms with van der Waals surface area (Å²) in [5.74, 6) is 2.34. The molecule has 0 saturated carbocycles. The number of nitrogens with two attached hydrogens (primary N) is 1. The Kier molecular flexibility index (Phi) is 6.24. The molecule has 0 aliphatic heterocycles. The number of hydrogen-bond acceptors (Lipinski definition) is 6. The van der Waals surface area contributed by atoms with E-state index in [2.05, 4.69) is 68.0 Å². The maximum Gasteiger partial charge on any atom is 0.205 e. The van der Waals surface area contributed by atoms with Gasteiger partial charge in [-0.3, -0.25) is 0 Å². The van der Waals surface area contributed by atoms with Gasteiger partial charge >= 0.3 is 0 Å². The number of rotatable bonds is 9. The van der Waals surface area contributed by atoms with Gasteiger partial charge in [0, 0.05) is 18.5 Å². The molecule has 154 valence electrons. The minimum absolute atomic E-state index is 0.376. The minimum Gasteiger partial charge on any atom is -0.324 e. The van der Waals surface area contributed by atoms with Crippen LogP contribution in [0.2, 0.25) is 0 Å². The number of nitrogens with one attached hydrogen (secondary N) is 1. The Morgan fingerprint density at radius 2 is 1.80 bits per heavy atom. The zero-order chi connectivity index (χ0) is 20.8. The fourth-order valence-electron chi connectivity index (χ4n) is 3.50. The van der Waals surface area contributed by atoms with Crippen molar-refractivity contribution >= 4 is 0 Å². The third kappa shape index (κ3) is 4.44. The van der Waals surface area contributed by atoms with Gasteiger partial charge < -0.3 is 5.73 Å². The molecule has 0 unspecified atom stereocenters. The topological polar surface area (TPSA) is 111 Å². The van der Waals surface area contributed by atoms with Gasteiger partial charge in [0.25, 0.3) is 0 Å². The van der Waals surface area contributed by atoms with Gasteiger partial charge in [-0.2, -0.15) is 10.3 Å². The zero-order valence-electron chi connectivity index (χ0n) is 17.1. The van der Waals surface area contributed by atoms with Crippen molar-refractivity contribution < 1.29 is 0 Å². The molecule has 0 atom stereocenters. The number of nitrogens with zero attached hydrogens (tertiary/aromatic N) is 6. The monoisotopic (exact) mass is 402 g/mol. The molecule has 0 radical (unpaired) electrons. The summed E-state index contributed by atoms with van der Waals surface area (Å²) in [5, 5.41) is 19.0. The first-order valence-electron chi connectivity index (χ1n) is 10.3. The summed E-state index contributed by atoms with van der Waals surface area (Å²) in [6, 6.07) is 16.7. The molecule has 0 bridgehead atoms. The summed E-state index contributed by atoms with van der Waals surface area (Å²) in [4.78, 5) is 4.57. The van der Waals surface area contributed by atoms with E-state index in [-0.39, 0.29) is 0 Å². The fraction of sp³-hybridized carbons (Fsp3) is 0.318. The molecule has 4 rings (SSSR count). The minimum atomic E-state index is 0.376. The summed E-state index contributed by atoms with van der Waals surface area (Å²) in [5.41, 5.74) is 10.1. The van der Waals surface area contributed by atoms with E-state index in [4.69, 9.17) is 5.73 Å². The van der Waals surface area contributed by atoms with Crippen LogP contribution < -0.4 is 5.73 Å². The average Bonchev–Trinajstić information content (AvgIpc) is 3.47. The smallest absolute Gasteiger partial charge is 0.205 e. The Bertz CT molecular complexity index is 1070. The number of tetrazole rings is 1. The molecule has 8 heteroatoms. The van der Waals surface area contributed by atoms with Crippen molar-refractivity contribution in [2.45, 2.75) is 45.7 Å². The lowest BCUT2D eigenvalue weighted by molar-refractivity contribution is 0.565. The van der Waals surface area contributed by atoms with Crippen LogP contribution in [0.3, 0.4) is 0 Å². The number of benzene rings is 2. The Hall–Kier alpha value is -3.39. The molecular weight excluding hydrogens is 376 g/mol. The highest BCUT2D eigenvalue weighted by molar-refractivity contribution is 5.80. The van der Waals surface area contributed by atoms with Gasteiger partial charge in [-0.05, 0) is 34.7 Å². The molecule has 2 aromatic carbocycles. The quantitative estimate of drug-likeness (QED) is 0.445. The lowest BCUT2D eigenvalue weighted by atomic mass is 9.98. The third-order valence-corrected chi connectivity index (χ3v) is 5.12. The van der Waals surface area contributed by atoms with E-state index in [1.54, 1.807) is 0 Å². The fourth-order valence-corrected chi connectivity index (χ4v) is 3.50. The number of H-pyrrole nitrogens is 1. The van der Waals surface area contributed by atoms with Gasteiger partial charge in [0.2, 0.25) is 5.82 Å². The summed E-state index contributed by atoms with van der Waals surface area (Å²) in [7, 11) is 0. The van der Waals surface area contributed by atoms with Gasteiger partial charge in [0.15, 0.2) is 5.82 Å². The van der Waals surface area contributed by atoms with E-state index in [9.17, 15) is 0 Å². The summed E-state index contributed by atoms with van der Waals surface area (Å²) in [6.45, 7) is 3.36. The molecule has 2 aromatic heterocycles. The van der Waals surface area contributed by atoms with Crippen molar-refractivity contribution in [1.29, 1.82) is 0 Å². The van der Waals surface area contributed by atoms with Gasteiger partial charge in [0.05, 0.1) is 6.54 Å². The molecule has 2 heterocycles. The molecule has 0 saturated heterocycles. The normalized spacial score (nSPS) is 11.1. The van der Waals surface area contributed by atoms with E-state index in [0.717, 1.165) is 60.6 Å². The van der Waals surface area contributed by atoms with Crippen molar-refractivity contribution in [3.05, 3.63) is 65.7 Å². The van der Waals surface area contributed by atoms with Crippen molar-refractivity contribution in [3.8, 4) is 22.5 Å². The first-order valence-corrected chi connectivity index (χ1v) is 10.3. The lowest BCUT2D eigenvalue weighted by Gasteiger charge is -2.09. The molecule has 4 aromatic rings. The predicted molar refractivity (Wildman–Crippen MR) is 115 cm³/mol. The number of aromatic nitrogens is 7. The summed E-state index contributed by atoms with van der Waals surface area (Å²) >= 11 is 0. The lowest BCUT2D eigenvalue weighted by Crippen LogP contribution is -2.08. The Morgan fingerprint density at radius 3 is 2.50 bits per heavy atom. The highest BCUT2D eigenvalue weighted by atomic mass is 15.5. The summed E-state index contributed by atoms with van der Waals surface area (Å²) < 4.78 is 2.01. The number of unbranched alkanes of at least 4 members (excludes halogenated alkanes) is 1. The third-order valence-electron chi connectivity index (χ3n) is 5.12. The van der Waals surface area contributed by atoms with Crippen LogP contribution in [-0.4, -0.2) is 35.4 Å². The SMILES string of the molecule is CCCCc1nc(CN)nn1CCc1ccc(-c2ccccc2-c2nn[nH]n2)cc1. The van der Waals surface area contributed by atoms with Gasteiger partial charge in [0.1, 0.15) is 5.82 Å². The number of hydrogen-bond donors (Lipinski definition) is 2. The highest BCUT2D eigenvalue weighted by Gasteiger charge is 2.11. The van der Waals surface area contributed by atoms with Crippen molar-refractivity contribution in [2.75, 3.05) is 0 Å². The summed E-state index contributed by atoms with van der Waals surface area (Å²) in [6.07, 6.45) is 4.07. The van der Waals surface area contributed by atoms with Crippen LogP contribution >= 0.6 is 0 Å². The van der Waals surface area contributed by atoms with Crippen LogP contribution in [0, 0.1) is 0 Å². The Labute approximate surface area is 175 Å². The molecule has 0 amide bonds. The molecule has 3 N–H and O–H groups in total. The van der Waals surface area contributed by atoms with Crippen molar-refractivity contribution in [2.24, 2.45) is 5.73 Å². The molecule has 8 nitrogen and oxygen atoms in total. The second kappa shape index (κ2) is 9.41. The number of aryl methyl sites for hydroxylation is 3. The first kappa shape index (κ1) is 19.9. The zero-order valence-corrected chi connectivity index (χ0v) is 17.1. The van der Waals surface area contributed by atoms with Crippen molar-refractivity contribution in [3.63, 3.8) is 0 Å². The van der Waals surface area contributed by atoms with Crippen LogP contribution in [0.15, 0.2) is 48.5 Å². The maximum absolute atomic E-state index is 5.73. The predicted octanol–water partition coefficient (Wildman–Crippen LogP) is 3.17. The van der Waals surface area contributed by atoms with Crippen LogP contribution in [0.25, 0.3) is 22.5 Å². The molecule has 30 heavy (non-hydrogen) atoms. The van der Waals surface area contributed by atoms with E-state index in [1.807, 2.05) is 22.9 Å². The van der Waals surface area contributed by atoms with Crippen LogP contribution in [0.5, 0.6) is 0 Å². The van der Waals surface area contributed by atoms with E-state index >= 15 is 0 Å². The molecule has 0 aliphatic carbocycles. The molecular formula is C22H26N8. The first-order chi connectivity index (χ1) is 14.8. The van der Waals surface area contributed by atoms with E-state index in [0.29, 0.717) is 12.4 Å². The van der Waals surface area contributed by atoms with Crippen molar-refractivity contribution in [1.82, 2.24) is 35.4 Å². The maximum atomic E-state index is 5.73. The van der Waals surface area contributed by atoms with E-state index in [1.165, 1.54) is 5.56 Å². The van der Waals surface area contributed by atoms with E-state index < -0.39 is 0 Å². The van der Waals surface area contributed by atoms with Gasteiger partial charge in [-0.25, -0.2) is 9.67 Å². The molecule has 0 fully saturated rings. The van der Waals surface area contributed by atoms with Crippen LogP contribution in [0.4, 0.5) is 0 Å². The Balaban J connectivity index is 1.49. The Morgan fingerprint density at radius 1 is 1.00 bits per heavy atom. The molecule has 0 aliphatic rings. The molecule has 0 spiro atoms. The van der Waals surface area contributed by atoms with Gasteiger partial charge in [-0.1, -0.05) is 61.9 Å². The highest BCUT2D eigenvalue weighted by Crippen LogP contribution is 2.29. The van der Waals surface area contributed by atoms with Crippen LogP contribution in [-0.2, 0) is 25.9 Å². The average molecular weight is 403 g/mol. The second-order valence-corrected chi connectivity index (χ2v) is 7.20. The number of aromatic amines is 1. The second-order valence-electron chi connectivity index (χ2n) is 7.20. The standard InChI is InChI=1S/C22H26N8/c1-2-3-8-21-24-20(15-23)27-30(21)14-13-16-9-11-17(12-10-16)18-6-4-5-7-19(18)22-25-28-29-26-22/h4-7,9-12H,2-3,8,13-15,23H2,1H3,(H,25,26,28,29). The van der Waals surface area contributed by atoms with Crippen LogP contribution in [0.1, 0.15) is 37.0 Å². The van der Waals surface area contributed by atoms with Gasteiger partial charge in [-0.15, -0.1) is 10.2 Å².